The van der Waals surface area contributed by atoms with E-state index < -0.39 is 17.1 Å². The zero-order valence-corrected chi connectivity index (χ0v) is 11.3. The fraction of sp³-hybridized carbons (Fsp3) is 0.286. The molecule has 2 aromatic rings. The minimum absolute atomic E-state index is 0.399. The predicted octanol–water partition coefficient (Wildman–Crippen LogP) is 2.80. The van der Waals surface area contributed by atoms with Crippen LogP contribution in [0.5, 0.6) is 0 Å². The maximum atomic E-state index is 12.5. The Hall–Kier alpha value is -1.43. The molecule has 0 spiro atoms. The van der Waals surface area contributed by atoms with Gasteiger partial charge in [-0.25, -0.2) is 4.21 Å². The molecule has 100 valence electrons. The molecule has 1 fully saturated rings. The highest BCUT2D eigenvalue weighted by Crippen LogP contribution is 2.31. The Morgan fingerprint density at radius 3 is 2.47 bits per heavy atom. The third-order valence-electron chi connectivity index (χ3n) is 2.94. The van der Waals surface area contributed by atoms with Gasteiger partial charge in [-0.1, -0.05) is 17.7 Å². The molecule has 19 heavy (non-hydrogen) atoms. The lowest BCUT2D eigenvalue weighted by Crippen LogP contribution is -2.02. The largest absolute Gasteiger partial charge is 0.455 e. The first-order valence-corrected chi connectivity index (χ1v) is 7.20. The van der Waals surface area contributed by atoms with Crippen LogP contribution in [0.2, 0.25) is 0 Å². The highest BCUT2D eigenvalue weighted by atomic mass is 32.2. The fourth-order valence-electron chi connectivity index (χ4n) is 1.94. The van der Waals surface area contributed by atoms with Crippen molar-refractivity contribution in [2.45, 2.75) is 23.2 Å². The van der Waals surface area contributed by atoms with Gasteiger partial charge in [0, 0.05) is 4.90 Å². The maximum absolute atomic E-state index is 12.5. The smallest absolute Gasteiger partial charge is 0.203 e. The van der Waals surface area contributed by atoms with Crippen LogP contribution < -0.4 is 0 Å². The van der Waals surface area contributed by atoms with E-state index in [1.165, 1.54) is 6.26 Å². The zero-order valence-electron chi connectivity index (χ0n) is 10.5. The molecule has 1 saturated heterocycles. The molecular weight excluding hydrogens is 264 g/mol. The van der Waals surface area contributed by atoms with E-state index in [2.05, 4.69) is 0 Å². The molecule has 1 aromatic carbocycles. The molecular formula is C14H14O4S. The van der Waals surface area contributed by atoms with Crippen molar-refractivity contribution >= 4 is 10.8 Å². The van der Waals surface area contributed by atoms with E-state index >= 15 is 0 Å². The minimum atomic E-state index is -1.36. The van der Waals surface area contributed by atoms with Crippen molar-refractivity contribution < 1.29 is 18.1 Å². The Morgan fingerprint density at radius 1 is 1.11 bits per heavy atom. The predicted molar refractivity (Wildman–Crippen MR) is 69.2 cm³/mol. The van der Waals surface area contributed by atoms with Gasteiger partial charge in [0.25, 0.3) is 0 Å². The molecule has 1 aromatic heterocycles. The second-order valence-corrected chi connectivity index (χ2v) is 5.70. The summed E-state index contributed by atoms with van der Waals surface area (Å²) < 4.78 is 28.7. The lowest BCUT2D eigenvalue weighted by Gasteiger charge is -2.08. The lowest BCUT2D eigenvalue weighted by molar-refractivity contribution is -0.0471. The number of hydrogen-bond acceptors (Lipinski definition) is 4. The van der Waals surface area contributed by atoms with Crippen LogP contribution in [-0.2, 0) is 20.3 Å². The maximum Gasteiger partial charge on any atom is 0.203 e. The Kier molecular flexibility index (Phi) is 3.50. The van der Waals surface area contributed by atoms with E-state index in [9.17, 15) is 4.21 Å². The third-order valence-corrected chi connectivity index (χ3v) is 4.31. The summed E-state index contributed by atoms with van der Waals surface area (Å²) in [7, 11) is -1.36. The van der Waals surface area contributed by atoms with Crippen LogP contribution in [0.3, 0.4) is 0 Å². The summed E-state index contributed by atoms with van der Waals surface area (Å²) in [6.07, 6.45) is 1.05. The van der Waals surface area contributed by atoms with Crippen molar-refractivity contribution in [3.63, 3.8) is 0 Å². The van der Waals surface area contributed by atoms with Gasteiger partial charge in [-0.15, -0.1) is 0 Å². The standard InChI is InChI=1S/C14H14O4S/c1-10-2-4-11(5-3-10)19(15)14-12(6-7-18-14)13-16-8-9-17-13/h2-7,13H,8-9H2,1H3. The molecule has 0 amide bonds. The second-order valence-electron chi connectivity index (χ2n) is 4.32. The summed E-state index contributed by atoms with van der Waals surface area (Å²) in [5, 5.41) is 0.399. The SMILES string of the molecule is Cc1ccc(S(=O)c2occc2C2OCCO2)cc1. The molecule has 4 nitrogen and oxygen atoms in total. The fourth-order valence-corrected chi connectivity index (χ4v) is 3.06. The highest BCUT2D eigenvalue weighted by molar-refractivity contribution is 7.85. The monoisotopic (exact) mass is 278 g/mol. The molecule has 0 bridgehead atoms. The highest BCUT2D eigenvalue weighted by Gasteiger charge is 2.26. The van der Waals surface area contributed by atoms with E-state index in [0.29, 0.717) is 28.8 Å². The average Bonchev–Trinajstić information content (AvgIpc) is 3.09. The van der Waals surface area contributed by atoms with Gasteiger partial charge < -0.3 is 13.9 Å². The topological polar surface area (TPSA) is 48.7 Å². The molecule has 0 N–H and O–H groups in total. The Labute approximate surface area is 113 Å². The lowest BCUT2D eigenvalue weighted by atomic mass is 10.2. The van der Waals surface area contributed by atoms with Crippen LogP contribution in [0.1, 0.15) is 17.4 Å². The van der Waals surface area contributed by atoms with Crippen LogP contribution in [0.25, 0.3) is 0 Å². The first-order chi connectivity index (χ1) is 9.25. The number of aryl methyl sites for hydroxylation is 1. The number of benzene rings is 1. The van der Waals surface area contributed by atoms with E-state index in [-0.39, 0.29) is 0 Å². The van der Waals surface area contributed by atoms with Gasteiger partial charge in [0.05, 0.1) is 25.0 Å². The van der Waals surface area contributed by atoms with Gasteiger partial charge in [-0.3, -0.25) is 0 Å². The van der Waals surface area contributed by atoms with Crippen molar-refractivity contribution in [1.82, 2.24) is 0 Å². The Bertz CT molecular complexity index is 582. The summed E-state index contributed by atoms with van der Waals surface area (Å²) in [5.41, 5.74) is 1.83. The van der Waals surface area contributed by atoms with Gasteiger partial charge in [0.2, 0.25) is 5.09 Å². The molecule has 0 aliphatic carbocycles. The van der Waals surface area contributed by atoms with Crippen LogP contribution in [0.15, 0.2) is 51.0 Å². The van der Waals surface area contributed by atoms with Crippen molar-refractivity contribution in [2.75, 3.05) is 13.2 Å². The van der Waals surface area contributed by atoms with Crippen molar-refractivity contribution in [3.8, 4) is 0 Å². The van der Waals surface area contributed by atoms with E-state index in [0.717, 1.165) is 5.56 Å². The number of ether oxygens (including phenoxy) is 2. The number of rotatable bonds is 3. The molecule has 1 aliphatic rings. The zero-order chi connectivity index (χ0) is 13.2. The number of hydrogen-bond donors (Lipinski definition) is 0. The van der Waals surface area contributed by atoms with E-state index in [4.69, 9.17) is 13.9 Å². The van der Waals surface area contributed by atoms with E-state index in [1.54, 1.807) is 6.07 Å². The average molecular weight is 278 g/mol. The Morgan fingerprint density at radius 2 is 1.79 bits per heavy atom. The molecule has 1 unspecified atom stereocenters. The second kappa shape index (κ2) is 5.28. The van der Waals surface area contributed by atoms with Crippen LogP contribution in [0, 0.1) is 6.92 Å². The summed E-state index contributed by atoms with van der Waals surface area (Å²) in [6, 6.07) is 9.29. The van der Waals surface area contributed by atoms with Gasteiger partial charge in [0.1, 0.15) is 10.8 Å². The van der Waals surface area contributed by atoms with Crippen molar-refractivity contribution in [2.24, 2.45) is 0 Å². The van der Waals surface area contributed by atoms with Crippen LogP contribution in [-0.4, -0.2) is 17.4 Å². The third kappa shape index (κ3) is 2.49. The van der Waals surface area contributed by atoms with E-state index in [1.807, 2.05) is 31.2 Å². The first-order valence-electron chi connectivity index (χ1n) is 6.05. The molecule has 1 atom stereocenters. The molecule has 5 heteroatoms. The molecule has 2 heterocycles. The summed E-state index contributed by atoms with van der Waals surface area (Å²) in [4.78, 5) is 0.708. The summed E-state index contributed by atoms with van der Waals surface area (Å²) >= 11 is 0. The van der Waals surface area contributed by atoms with Crippen molar-refractivity contribution in [3.05, 3.63) is 47.7 Å². The quantitative estimate of drug-likeness (QED) is 0.866. The van der Waals surface area contributed by atoms with Gasteiger partial charge >= 0.3 is 0 Å². The first kappa shape index (κ1) is 12.6. The molecule has 1 aliphatic heterocycles. The summed E-state index contributed by atoms with van der Waals surface area (Å²) in [6.45, 7) is 3.09. The molecule has 0 radical (unpaired) electrons. The van der Waals surface area contributed by atoms with Gasteiger partial charge in [-0.2, -0.15) is 0 Å². The van der Waals surface area contributed by atoms with Crippen LogP contribution >= 0.6 is 0 Å². The minimum Gasteiger partial charge on any atom is -0.455 e. The Balaban J connectivity index is 1.91. The van der Waals surface area contributed by atoms with Crippen molar-refractivity contribution in [1.29, 1.82) is 0 Å². The number of furan rings is 1. The molecule has 0 saturated carbocycles. The van der Waals surface area contributed by atoms with Gasteiger partial charge in [0.15, 0.2) is 6.29 Å². The van der Waals surface area contributed by atoms with Crippen LogP contribution in [0.4, 0.5) is 0 Å². The molecule has 3 rings (SSSR count). The van der Waals surface area contributed by atoms with Gasteiger partial charge in [-0.05, 0) is 25.1 Å². The normalized spacial score (nSPS) is 17.7. The summed E-state index contributed by atoms with van der Waals surface area (Å²) in [5.74, 6) is 0.